The monoisotopic (exact) mass is 144 g/mol. The lowest BCUT2D eigenvalue weighted by Crippen LogP contribution is -2.04. The third-order valence-electron chi connectivity index (χ3n) is 1.17. The molecule has 0 aliphatic heterocycles. The molecule has 0 heterocycles. The SMILES string of the molecule is C=C(CCC(C)O)C(=O)O. The number of aliphatic hydroxyl groups is 1. The van der Waals surface area contributed by atoms with Crippen molar-refractivity contribution in [2.45, 2.75) is 25.9 Å². The fourth-order valence-corrected chi connectivity index (χ4v) is 0.490. The van der Waals surface area contributed by atoms with Crippen LogP contribution in [0, 0.1) is 0 Å². The van der Waals surface area contributed by atoms with Crippen molar-refractivity contribution in [3.8, 4) is 0 Å². The number of rotatable bonds is 4. The van der Waals surface area contributed by atoms with Gasteiger partial charge in [0.2, 0.25) is 0 Å². The first-order valence-electron chi connectivity index (χ1n) is 3.13. The van der Waals surface area contributed by atoms with E-state index in [1.807, 2.05) is 0 Å². The van der Waals surface area contributed by atoms with Crippen LogP contribution >= 0.6 is 0 Å². The predicted molar refractivity (Wildman–Crippen MR) is 37.7 cm³/mol. The van der Waals surface area contributed by atoms with Gasteiger partial charge < -0.3 is 10.2 Å². The van der Waals surface area contributed by atoms with Crippen LogP contribution in [0.1, 0.15) is 19.8 Å². The molecule has 0 amide bonds. The van der Waals surface area contributed by atoms with Crippen molar-refractivity contribution in [1.82, 2.24) is 0 Å². The molecule has 0 rings (SSSR count). The van der Waals surface area contributed by atoms with Gasteiger partial charge in [-0.3, -0.25) is 0 Å². The molecule has 0 radical (unpaired) electrons. The van der Waals surface area contributed by atoms with Gasteiger partial charge >= 0.3 is 5.97 Å². The van der Waals surface area contributed by atoms with E-state index in [-0.39, 0.29) is 5.57 Å². The first-order valence-corrected chi connectivity index (χ1v) is 3.13. The summed E-state index contributed by atoms with van der Waals surface area (Å²) in [6.07, 6.45) is 0.370. The molecule has 10 heavy (non-hydrogen) atoms. The van der Waals surface area contributed by atoms with Gasteiger partial charge in [0, 0.05) is 5.57 Å². The number of hydrogen-bond donors (Lipinski definition) is 2. The lowest BCUT2D eigenvalue weighted by molar-refractivity contribution is -0.132. The zero-order valence-electron chi connectivity index (χ0n) is 6.00. The van der Waals surface area contributed by atoms with E-state index in [0.717, 1.165) is 0 Å². The highest BCUT2D eigenvalue weighted by atomic mass is 16.4. The molecule has 3 heteroatoms. The summed E-state index contributed by atoms with van der Waals surface area (Å²) in [5.41, 5.74) is 0.154. The van der Waals surface area contributed by atoms with E-state index in [2.05, 4.69) is 6.58 Å². The molecule has 0 aromatic heterocycles. The van der Waals surface area contributed by atoms with E-state index >= 15 is 0 Å². The van der Waals surface area contributed by atoms with Crippen molar-refractivity contribution in [2.24, 2.45) is 0 Å². The lowest BCUT2D eigenvalue weighted by atomic mass is 10.1. The second-order valence-electron chi connectivity index (χ2n) is 2.30. The topological polar surface area (TPSA) is 57.5 Å². The fourth-order valence-electron chi connectivity index (χ4n) is 0.490. The molecule has 0 saturated carbocycles. The van der Waals surface area contributed by atoms with E-state index in [0.29, 0.717) is 12.8 Å². The molecule has 0 fully saturated rings. The summed E-state index contributed by atoms with van der Waals surface area (Å²) in [5.74, 6) is -0.986. The molecular formula is C7H12O3. The summed E-state index contributed by atoms with van der Waals surface area (Å²) in [4.78, 5) is 10.1. The van der Waals surface area contributed by atoms with Crippen LogP contribution < -0.4 is 0 Å². The molecule has 0 aliphatic carbocycles. The number of carbonyl (C=O) groups is 1. The van der Waals surface area contributed by atoms with Crippen LogP contribution in [0.15, 0.2) is 12.2 Å². The molecule has 2 N–H and O–H groups in total. The van der Waals surface area contributed by atoms with Crippen molar-refractivity contribution < 1.29 is 15.0 Å². The van der Waals surface area contributed by atoms with Gasteiger partial charge in [0.05, 0.1) is 6.10 Å². The Labute approximate surface area is 60.0 Å². The van der Waals surface area contributed by atoms with E-state index < -0.39 is 12.1 Å². The van der Waals surface area contributed by atoms with E-state index in [1.165, 1.54) is 0 Å². The second-order valence-corrected chi connectivity index (χ2v) is 2.30. The molecule has 58 valence electrons. The van der Waals surface area contributed by atoms with E-state index in [4.69, 9.17) is 10.2 Å². The Balaban J connectivity index is 3.50. The normalized spacial score (nSPS) is 12.6. The molecule has 0 aromatic carbocycles. The van der Waals surface area contributed by atoms with E-state index in [1.54, 1.807) is 6.92 Å². The van der Waals surface area contributed by atoms with Gasteiger partial charge in [-0.1, -0.05) is 6.58 Å². The van der Waals surface area contributed by atoms with Gasteiger partial charge in [-0.25, -0.2) is 4.79 Å². The first-order chi connectivity index (χ1) is 4.54. The largest absolute Gasteiger partial charge is 0.478 e. The van der Waals surface area contributed by atoms with Gasteiger partial charge in [0.15, 0.2) is 0 Å². The second kappa shape index (κ2) is 4.06. The Hall–Kier alpha value is -0.830. The molecule has 0 saturated heterocycles. The molecule has 3 nitrogen and oxygen atoms in total. The van der Waals surface area contributed by atoms with Crippen LogP contribution in [0.2, 0.25) is 0 Å². The van der Waals surface area contributed by atoms with Crippen LogP contribution in [0.4, 0.5) is 0 Å². The molecule has 1 unspecified atom stereocenters. The average molecular weight is 144 g/mol. The molecule has 1 atom stereocenters. The molecule has 0 spiro atoms. The highest BCUT2D eigenvalue weighted by Crippen LogP contribution is 2.04. The minimum atomic E-state index is -0.986. The van der Waals surface area contributed by atoms with Crippen molar-refractivity contribution in [3.05, 3.63) is 12.2 Å². The number of carboxylic acids is 1. The minimum absolute atomic E-state index is 0.154. The Bertz CT molecular complexity index is 138. The van der Waals surface area contributed by atoms with Crippen LogP contribution in [0.25, 0.3) is 0 Å². The van der Waals surface area contributed by atoms with Crippen molar-refractivity contribution in [1.29, 1.82) is 0 Å². The fraction of sp³-hybridized carbons (Fsp3) is 0.571. The van der Waals surface area contributed by atoms with Crippen molar-refractivity contribution in [2.75, 3.05) is 0 Å². The van der Waals surface area contributed by atoms with Crippen molar-refractivity contribution >= 4 is 5.97 Å². The average Bonchev–Trinajstić information content (AvgIpc) is 1.82. The summed E-state index contributed by atoms with van der Waals surface area (Å²) < 4.78 is 0. The van der Waals surface area contributed by atoms with E-state index in [9.17, 15) is 4.79 Å². The predicted octanol–water partition coefficient (Wildman–Crippen LogP) is 0.788. The van der Waals surface area contributed by atoms with Gasteiger partial charge in [-0.05, 0) is 19.8 Å². The highest BCUT2D eigenvalue weighted by molar-refractivity contribution is 5.85. The highest BCUT2D eigenvalue weighted by Gasteiger charge is 2.04. The minimum Gasteiger partial charge on any atom is -0.478 e. The Morgan fingerprint density at radius 3 is 2.50 bits per heavy atom. The maximum Gasteiger partial charge on any atom is 0.330 e. The standard InChI is InChI=1S/C7H12O3/c1-5(7(9)10)3-4-6(2)8/h6,8H,1,3-4H2,2H3,(H,9,10). The number of hydrogen-bond acceptors (Lipinski definition) is 2. The van der Waals surface area contributed by atoms with Gasteiger partial charge in [0.1, 0.15) is 0 Å². The molecule has 0 bridgehead atoms. The summed E-state index contributed by atoms with van der Waals surface area (Å²) in [5, 5.41) is 17.1. The molecule has 0 aliphatic rings. The first kappa shape index (κ1) is 9.17. The Morgan fingerprint density at radius 1 is 1.70 bits per heavy atom. The molecule has 0 aromatic rings. The smallest absolute Gasteiger partial charge is 0.330 e. The van der Waals surface area contributed by atoms with Crippen LogP contribution in [-0.2, 0) is 4.79 Å². The van der Waals surface area contributed by atoms with Gasteiger partial charge in [0.25, 0.3) is 0 Å². The zero-order chi connectivity index (χ0) is 8.15. The maximum absolute atomic E-state index is 10.1. The van der Waals surface area contributed by atoms with Gasteiger partial charge in [-0.2, -0.15) is 0 Å². The van der Waals surface area contributed by atoms with Crippen molar-refractivity contribution in [3.63, 3.8) is 0 Å². The number of aliphatic hydroxyl groups excluding tert-OH is 1. The summed E-state index contributed by atoms with van der Waals surface area (Å²) in [6.45, 7) is 4.94. The van der Waals surface area contributed by atoms with Crippen LogP contribution in [-0.4, -0.2) is 22.3 Å². The summed E-state index contributed by atoms with van der Waals surface area (Å²) in [6, 6.07) is 0. The molecular weight excluding hydrogens is 132 g/mol. The third-order valence-corrected chi connectivity index (χ3v) is 1.17. The Kier molecular flexibility index (Phi) is 3.72. The van der Waals surface area contributed by atoms with Crippen LogP contribution in [0.3, 0.4) is 0 Å². The maximum atomic E-state index is 10.1. The quantitative estimate of drug-likeness (QED) is 0.573. The van der Waals surface area contributed by atoms with Crippen LogP contribution in [0.5, 0.6) is 0 Å². The summed E-state index contributed by atoms with van der Waals surface area (Å²) >= 11 is 0. The lowest BCUT2D eigenvalue weighted by Gasteiger charge is -2.01. The van der Waals surface area contributed by atoms with Gasteiger partial charge in [-0.15, -0.1) is 0 Å². The third kappa shape index (κ3) is 4.09. The number of carboxylic acid groups (broad SMARTS) is 1. The Morgan fingerprint density at radius 2 is 2.20 bits per heavy atom. The number of aliphatic carboxylic acids is 1. The summed E-state index contributed by atoms with van der Waals surface area (Å²) in [7, 11) is 0. The zero-order valence-corrected chi connectivity index (χ0v) is 6.00.